The third-order valence-corrected chi connectivity index (χ3v) is 4.84. The summed E-state index contributed by atoms with van der Waals surface area (Å²) in [7, 11) is 0. The molecule has 0 saturated heterocycles. The zero-order valence-electron chi connectivity index (χ0n) is 12.3. The van der Waals surface area contributed by atoms with Crippen molar-refractivity contribution in [3.8, 4) is 11.5 Å². The number of benzene rings is 1. The van der Waals surface area contributed by atoms with E-state index in [1.165, 1.54) is 5.56 Å². The lowest BCUT2D eigenvalue weighted by atomic mass is 10.0. The summed E-state index contributed by atoms with van der Waals surface area (Å²) in [6.07, 6.45) is 3.18. The Bertz CT molecular complexity index is 476. The van der Waals surface area contributed by atoms with Crippen molar-refractivity contribution in [3.05, 3.63) is 21.7 Å². The van der Waals surface area contributed by atoms with Crippen LogP contribution in [0.1, 0.15) is 50.1 Å². The Kier molecular flexibility index (Phi) is 5.62. The van der Waals surface area contributed by atoms with E-state index in [4.69, 9.17) is 21.1 Å². The Hall–Kier alpha value is -0.410. The van der Waals surface area contributed by atoms with Crippen LogP contribution in [0.5, 0.6) is 11.5 Å². The Morgan fingerprint density at radius 3 is 2.65 bits per heavy atom. The fraction of sp³-hybridized carbons (Fsp3) is 0.625. The molecule has 0 heterocycles. The fourth-order valence-corrected chi connectivity index (χ4v) is 3.94. The third-order valence-electron chi connectivity index (χ3n) is 3.74. The van der Waals surface area contributed by atoms with Gasteiger partial charge in [-0.15, -0.1) is 11.6 Å². The molecule has 112 valence electrons. The summed E-state index contributed by atoms with van der Waals surface area (Å²) in [6, 6.07) is 2.02. The molecule has 0 saturated carbocycles. The fourth-order valence-electron chi connectivity index (χ4n) is 2.79. The average molecular weight is 362 g/mol. The van der Waals surface area contributed by atoms with Crippen LogP contribution in [-0.2, 0) is 6.42 Å². The Morgan fingerprint density at radius 2 is 2.00 bits per heavy atom. The summed E-state index contributed by atoms with van der Waals surface area (Å²) < 4.78 is 12.7. The first kappa shape index (κ1) is 16.0. The quantitative estimate of drug-likeness (QED) is 0.521. The van der Waals surface area contributed by atoms with Crippen LogP contribution in [0.25, 0.3) is 0 Å². The van der Waals surface area contributed by atoms with Crippen molar-refractivity contribution < 1.29 is 9.47 Å². The van der Waals surface area contributed by atoms with Gasteiger partial charge in [0.15, 0.2) is 11.5 Å². The number of hydrogen-bond acceptors (Lipinski definition) is 2. The minimum atomic E-state index is -0.0132. The highest BCUT2D eigenvalue weighted by Crippen LogP contribution is 2.48. The van der Waals surface area contributed by atoms with Crippen molar-refractivity contribution in [2.75, 3.05) is 13.2 Å². The van der Waals surface area contributed by atoms with Gasteiger partial charge in [0.05, 0.1) is 18.6 Å². The molecule has 2 rings (SSSR count). The lowest BCUT2D eigenvalue weighted by Crippen LogP contribution is -2.06. The van der Waals surface area contributed by atoms with Crippen molar-refractivity contribution in [3.63, 3.8) is 0 Å². The number of alkyl halides is 1. The summed E-state index contributed by atoms with van der Waals surface area (Å²) >= 11 is 10.4. The molecule has 20 heavy (non-hydrogen) atoms. The van der Waals surface area contributed by atoms with E-state index in [9.17, 15) is 0 Å². The summed E-state index contributed by atoms with van der Waals surface area (Å²) in [6.45, 7) is 7.48. The molecule has 2 atom stereocenters. The number of rotatable bonds is 4. The van der Waals surface area contributed by atoms with Crippen LogP contribution < -0.4 is 9.47 Å². The van der Waals surface area contributed by atoms with Crippen LogP contribution in [0.15, 0.2) is 10.5 Å². The Balaban J connectivity index is 2.57. The Labute approximate surface area is 134 Å². The zero-order valence-corrected chi connectivity index (χ0v) is 14.7. The van der Waals surface area contributed by atoms with Gasteiger partial charge in [-0.2, -0.15) is 0 Å². The molecule has 1 aromatic rings. The van der Waals surface area contributed by atoms with Crippen LogP contribution >= 0.6 is 27.5 Å². The maximum absolute atomic E-state index is 6.68. The van der Waals surface area contributed by atoms with E-state index in [1.807, 2.05) is 19.9 Å². The highest BCUT2D eigenvalue weighted by atomic mass is 79.9. The first-order valence-electron chi connectivity index (χ1n) is 7.33. The number of fused-ring (bicyclic) bond motifs is 1. The lowest BCUT2D eigenvalue weighted by molar-refractivity contribution is 0.284. The van der Waals surface area contributed by atoms with Crippen molar-refractivity contribution >= 4 is 27.5 Å². The van der Waals surface area contributed by atoms with Crippen molar-refractivity contribution in [1.29, 1.82) is 0 Å². The molecule has 0 spiro atoms. The largest absolute Gasteiger partial charge is 0.490 e. The van der Waals surface area contributed by atoms with Gasteiger partial charge >= 0.3 is 0 Å². The molecule has 2 nitrogen and oxygen atoms in total. The van der Waals surface area contributed by atoms with E-state index in [0.29, 0.717) is 19.1 Å². The van der Waals surface area contributed by atoms with Crippen LogP contribution in [0.3, 0.4) is 0 Å². The maximum Gasteiger partial charge on any atom is 0.166 e. The number of halogens is 2. The van der Waals surface area contributed by atoms with Gasteiger partial charge in [0, 0.05) is 10.0 Å². The van der Waals surface area contributed by atoms with Gasteiger partial charge in [0.25, 0.3) is 0 Å². The predicted octanol–water partition coefficient (Wildman–Crippen LogP) is 5.50. The van der Waals surface area contributed by atoms with E-state index >= 15 is 0 Å². The average Bonchev–Trinajstić information content (AvgIpc) is 2.54. The van der Waals surface area contributed by atoms with Gasteiger partial charge in [-0.25, -0.2) is 0 Å². The molecule has 1 aliphatic rings. The van der Waals surface area contributed by atoms with Gasteiger partial charge in [-0.3, -0.25) is 0 Å². The molecule has 4 heteroatoms. The molecular formula is C16H22BrClO2. The van der Waals surface area contributed by atoms with Crippen LogP contribution in [0.4, 0.5) is 0 Å². The highest BCUT2D eigenvalue weighted by molar-refractivity contribution is 9.10. The van der Waals surface area contributed by atoms with Crippen molar-refractivity contribution in [1.82, 2.24) is 0 Å². The van der Waals surface area contributed by atoms with Crippen molar-refractivity contribution in [2.45, 2.75) is 45.4 Å². The monoisotopic (exact) mass is 360 g/mol. The zero-order chi connectivity index (χ0) is 14.7. The van der Waals surface area contributed by atoms with Crippen molar-refractivity contribution in [2.24, 2.45) is 5.92 Å². The minimum Gasteiger partial charge on any atom is -0.490 e. The van der Waals surface area contributed by atoms with Gasteiger partial charge in [-0.05, 0) is 50.7 Å². The summed E-state index contributed by atoms with van der Waals surface area (Å²) in [4.78, 5) is 0. The van der Waals surface area contributed by atoms with Gasteiger partial charge in [-0.1, -0.05) is 22.9 Å². The van der Waals surface area contributed by atoms with E-state index in [2.05, 4.69) is 22.9 Å². The molecular weight excluding hydrogens is 340 g/mol. The molecule has 0 radical (unpaired) electrons. The van der Waals surface area contributed by atoms with E-state index < -0.39 is 0 Å². The number of ether oxygens (including phenoxy) is 2. The molecule has 1 aliphatic carbocycles. The highest BCUT2D eigenvalue weighted by Gasteiger charge is 2.28. The van der Waals surface area contributed by atoms with E-state index in [-0.39, 0.29) is 5.38 Å². The maximum atomic E-state index is 6.68. The smallest absolute Gasteiger partial charge is 0.166 e. The second-order valence-electron chi connectivity index (χ2n) is 5.29. The van der Waals surface area contributed by atoms with E-state index in [1.54, 1.807) is 0 Å². The molecule has 1 aromatic carbocycles. The van der Waals surface area contributed by atoms with Crippen LogP contribution in [0, 0.1) is 5.92 Å². The standard InChI is InChI=1S/C16H22BrClO2/c1-4-19-14-9-12(17)11-7-6-10(3)8-13(18)15(11)16(14)20-5-2/h9-10,13H,4-8H2,1-3H3. The molecule has 0 bridgehead atoms. The SMILES string of the molecule is CCOc1cc(Br)c2c(c1OCC)C(Cl)CC(C)CC2. The van der Waals surface area contributed by atoms with Gasteiger partial charge in [0.2, 0.25) is 0 Å². The molecule has 0 fully saturated rings. The summed E-state index contributed by atoms with van der Waals surface area (Å²) in [5.74, 6) is 2.25. The second kappa shape index (κ2) is 7.04. The van der Waals surface area contributed by atoms with Crippen LogP contribution in [-0.4, -0.2) is 13.2 Å². The van der Waals surface area contributed by atoms with Gasteiger partial charge < -0.3 is 9.47 Å². The van der Waals surface area contributed by atoms with Crippen LogP contribution in [0.2, 0.25) is 0 Å². The summed E-state index contributed by atoms with van der Waals surface area (Å²) in [5, 5.41) is -0.0132. The Morgan fingerprint density at radius 1 is 1.30 bits per heavy atom. The topological polar surface area (TPSA) is 18.5 Å². The third kappa shape index (κ3) is 3.25. The predicted molar refractivity (Wildman–Crippen MR) is 87.2 cm³/mol. The first-order valence-corrected chi connectivity index (χ1v) is 8.56. The minimum absolute atomic E-state index is 0.0132. The molecule has 0 aliphatic heterocycles. The molecule has 2 unspecified atom stereocenters. The normalized spacial score (nSPS) is 22.1. The molecule has 0 aromatic heterocycles. The molecule has 0 N–H and O–H groups in total. The second-order valence-corrected chi connectivity index (χ2v) is 6.67. The molecule has 0 amide bonds. The first-order chi connectivity index (χ1) is 9.58. The van der Waals surface area contributed by atoms with Gasteiger partial charge in [0.1, 0.15) is 0 Å². The number of hydrogen-bond donors (Lipinski definition) is 0. The summed E-state index contributed by atoms with van der Waals surface area (Å²) in [5.41, 5.74) is 2.40. The lowest BCUT2D eigenvalue weighted by Gasteiger charge is -2.21. The van der Waals surface area contributed by atoms with E-state index in [0.717, 1.165) is 40.8 Å².